The molecule has 0 heterocycles. The molecule has 0 radical (unpaired) electrons. The highest BCUT2D eigenvalue weighted by Gasteiger charge is 2.07. The Bertz CT molecular complexity index is 1000. The SMILES string of the molecule is C[N+](C)(C)CCOc1ccccc1.C[N+](C)(C)CCOc1ccccc1.C[N+](C)(C)CCOc1ccccc1.O=P([O-])([O-])[O-]. The molecule has 0 N–H and O–H groups in total. The standard InChI is InChI=1S/3C11H18NO.H3O4P/c3*1-12(2,3)9-10-13-11-7-5-4-6-8-11;1-5(2,3)4/h3*4-8H,9-10H2,1-3H3;(H3,1,2,3,4)/q3*+1;/p-3. The van der Waals surface area contributed by atoms with Gasteiger partial charge in [0.2, 0.25) is 0 Å². The lowest BCUT2D eigenvalue weighted by Crippen LogP contribution is -2.38. The third kappa shape index (κ3) is 32.0. The first-order valence-corrected chi connectivity index (χ1v) is 15.9. The summed E-state index contributed by atoms with van der Waals surface area (Å²) in [5, 5.41) is 0. The van der Waals surface area contributed by atoms with Crippen LogP contribution in [0, 0.1) is 0 Å². The van der Waals surface area contributed by atoms with Gasteiger partial charge < -0.3 is 46.9 Å². The molecule has 3 aromatic rings. The molecule has 0 aliphatic heterocycles. The van der Waals surface area contributed by atoms with Crippen LogP contribution in [0.3, 0.4) is 0 Å². The summed E-state index contributed by atoms with van der Waals surface area (Å²) in [7, 11) is 14.1. The third-order valence-electron chi connectivity index (χ3n) is 5.32. The van der Waals surface area contributed by atoms with Crippen LogP contribution in [-0.4, -0.2) is 116 Å². The lowest BCUT2D eigenvalue weighted by Gasteiger charge is -2.36. The van der Waals surface area contributed by atoms with Crippen molar-refractivity contribution in [1.29, 1.82) is 0 Å². The Labute approximate surface area is 265 Å². The molecule has 0 aliphatic rings. The summed E-state index contributed by atoms with van der Waals surface area (Å²) in [6, 6.07) is 29.8. The van der Waals surface area contributed by atoms with Gasteiger partial charge >= 0.3 is 0 Å². The van der Waals surface area contributed by atoms with Crippen LogP contribution in [0.1, 0.15) is 0 Å². The van der Waals surface area contributed by atoms with Gasteiger partial charge in [-0.25, -0.2) is 0 Å². The lowest BCUT2D eigenvalue weighted by molar-refractivity contribution is -0.870. The number of hydrogen-bond acceptors (Lipinski definition) is 7. The van der Waals surface area contributed by atoms with E-state index in [1.54, 1.807) is 0 Å². The van der Waals surface area contributed by atoms with Crippen LogP contribution in [0.5, 0.6) is 17.2 Å². The van der Waals surface area contributed by atoms with Crippen molar-refractivity contribution in [2.75, 3.05) is 103 Å². The van der Waals surface area contributed by atoms with Gasteiger partial charge in [0, 0.05) is 0 Å². The molecule has 3 aromatic carbocycles. The number of quaternary nitrogens is 3. The molecule has 0 unspecified atom stereocenters. The fraction of sp³-hybridized carbons (Fsp3) is 0.455. The number of ether oxygens (including phenoxy) is 3. The van der Waals surface area contributed by atoms with E-state index >= 15 is 0 Å². The van der Waals surface area contributed by atoms with Gasteiger partial charge in [-0.1, -0.05) is 54.6 Å². The zero-order valence-corrected chi connectivity index (χ0v) is 28.9. The maximum Gasteiger partial charge on any atom is 0.137 e. The highest BCUT2D eigenvalue weighted by atomic mass is 31.2. The molecule has 0 spiro atoms. The Morgan fingerprint density at radius 3 is 0.795 bits per heavy atom. The second-order valence-corrected chi connectivity index (χ2v) is 13.9. The molecular formula is C33H54N3O7P. The quantitative estimate of drug-likeness (QED) is 0.222. The second-order valence-electron chi connectivity index (χ2n) is 13.0. The maximum atomic E-state index is 8.55. The summed E-state index contributed by atoms with van der Waals surface area (Å²) in [5.74, 6) is 2.86. The highest BCUT2D eigenvalue weighted by molar-refractivity contribution is 7.40. The van der Waals surface area contributed by atoms with Crippen LogP contribution >= 0.6 is 7.82 Å². The summed E-state index contributed by atoms with van der Waals surface area (Å²) in [5.41, 5.74) is 0. The Balaban J connectivity index is 0.000000585. The van der Waals surface area contributed by atoms with E-state index in [4.69, 9.17) is 33.5 Å². The predicted molar refractivity (Wildman–Crippen MR) is 172 cm³/mol. The molecule has 0 aliphatic carbocycles. The van der Waals surface area contributed by atoms with Crippen molar-refractivity contribution in [2.45, 2.75) is 0 Å². The Morgan fingerprint density at radius 2 is 0.636 bits per heavy atom. The average molecular weight is 636 g/mol. The van der Waals surface area contributed by atoms with Gasteiger partial charge in [-0.2, -0.15) is 7.82 Å². The summed E-state index contributed by atoms with van der Waals surface area (Å²) < 4.78 is 28.1. The maximum absolute atomic E-state index is 8.55. The van der Waals surface area contributed by atoms with Crippen LogP contribution in [0.25, 0.3) is 0 Å². The topological polar surface area (TPSA) is 114 Å². The molecule has 44 heavy (non-hydrogen) atoms. The van der Waals surface area contributed by atoms with Crippen LogP contribution in [0.2, 0.25) is 0 Å². The van der Waals surface area contributed by atoms with Crippen molar-refractivity contribution in [3.05, 3.63) is 91.0 Å². The van der Waals surface area contributed by atoms with Gasteiger partial charge in [0.05, 0.1) is 63.4 Å². The van der Waals surface area contributed by atoms with E-state index in [9.17, 15) is 0 Å². The summed E-state index contributed by atoms with van der Waals surface area (Å²) in [6.45, 7) is 5.38. The lowest BCUT2D eigenvalue weighted by atomic mass is 10.3. The highest BCUT2D eigenvalue weighted by Crippen LogP contribution is 2.10. The van der Waals surface area contributed by atoms with Gasteiger partial charge in [0.1, 0.15) is 56.7 Å². The van der Waals surface area contributed by atoms with E-state index in [0.29, 0.717) is 0 Å². The second kappa shape index (κ2) is 20.9. The average Bonchev–Trinajstić information content (AvgIpc) is 2.88. The first kappa shape index (κ1) is 41.0. The number of likely N-dealkylation sites (N-methyl/N-ethyl adjacent to an activating group) is 3. The van der Waals surface area contributed by atoms with Crippen molar-refractivity contribution in [1.82, 2.24) is 0 Å². The normalized spacial score (nSPS) is 11.4. The number of benzene rings is 3. The Hall–Kier alpha value is -2.95. The first-order chi connectivity index (χ1) is 20.2. The molecular weight excluding hydrogens is 581 g/mol. The number of rotatable bonds is 12. The molecule has 0 bridgehead atoms. The fourth-order valence-electron chi connectivity index (χ4n) is 2.86. The zero-order valence-electron chi connectivity index (χ0n) is 28.0. The van der Waals surface area contributed by atoms with Gasteiger partial charge in [-0.3, -0.25) is 0 Å². The third-order valence-corrected chi connectivity index (χ3v) is 5.32. The Kier molecular flexibility index (Phi) is 19.5. The van der Waals surface area contributed by atoms with Crippen LogP contribution in [0.4, 0.5) is 0 Å². The van der Waals surface area contributed by atoms with Crippen molar-refractivity contribution < 1.29 is 46.9 Å². The van der Waals surface area contributed by atoms with E-state index in [2.05, 4.69) is 63.4 Å². The van der Waals surface area contributed by atoms with E-state index < -0.39 is 7.82 Å². The molecule has 0 amide bonds. The van der Waals surface area contributed by atoms with Crippen molar-refractivity contribution in [3.8, 4) is 17.2 Å². The minimum Gasteiger partial charge on any atom is -0.822 e. The van der Waals surface area contributed by atoms with Crippen LogP contribution in [0.15, 0.2) is 91.0 Å². The summed E-state index contributed by atoms with van der Waals surface area (Å²) in [4.78, 5) is 25.6. The first-order valence-electron chi connectivity index (χ1n) is 14.4. The van der Waals surface area contributed by atoms with Gasteiger partial charge in [0.25, 0.3) is 0 Å². The van der Waals surface area contributed by atoms with Crippen LogP contribution < -0.4 is 28.9 Å². The van der Waals surface area contributed by atoms with E-state index in [0.717, 1.165) is 70.2 Å². The van der Waals surface area contributed by atoms with Crippen LogP contribution in [-0.2, 0) is 4.57 Å². The molecule has 0 saturated carbocycles. The summed E-state index contributed by atoms with van der Waals surface area (Å²) in [6.07, 6.45) is 0. The van der Waals surface area contributed by atoms with Gasteiger partial charge in [-0.15, -0.1) is 0 Å². The number of para-hydroxylation sites is 3. The minimum absolute atomic E-state index is 0.771. The molecule has 0 atom stereocenters. The molecule has 10 nitrogen and oxygen atoms in total. The molecule has 248 valence electrons. The van der Waals surface area contributed by atoms with Crippen molar-refractivity contribution in [3.63, 3.8) is 0 Å². The van der Waals surface area contributed by atoms with Gasteiger partial charge in [-0.05, 0) is 36.4 Å². The molecule has 0 aromatic heterocycles. The monoisotopic (exact) mass is 635 g/mol. The fourth-order valence-corrected chi connectivity index (χ4v) is 2.86. The zero-order chi connectivity index (χ0) is 33.7. The number of hydrogen-bond donors (Lipinski definition) is 0. The number of nitrogens with zero attached hydrogens (tertiary/aromatic N) is 3. The molecule has 11 heteroatoms. The number of phosphoric acid groups is 1. The largest absolute Gasteiger partial charge is 0.822 e. The smallest absolute Gasteiger partial charge is 0.137 e. The molecule has 0 saturated heterocycles. The van der Waals surface area contributed by atoms with E-state index in [-0.39, 0.29) is 0 Å². The van der Waals surface area contributed by atoms with E-state index in [1.165, 1.54) is 0 Å². The van der Waals surface area contributed by atoms with Crippen molar-refractivity contribution >= 4 is 7.82 Å². The summed E-state index contributed by atoms with van der Waals surface area (Å²) >= 11 is 0. The predicted octanol–water partition coefficient (Wildman–Crippen LogP) is 2.49. The molecule has 3 rings (SSSR count). The Morgan fingerprint density at radius 1 is 0.455 bits per heavy atom. The van der Waals surface area contributed by atoms with E-state index in [1.807, 2.05) is 91.0 Å². The minimum atomic E-state index is -5.39. The van der Waals surface area contributed by atoms with Gasteiger partial charge in [0.15, 0.2) is 0 Å². The molecule has 0 fully saturated rings. The van der Waals surface area contributed by atoms with Crippen molar-refractivity contribution in [2.24, 2.45) is 0 Å².